The van der Waals surface area contributed by atoms with Crippen LogP contribution in [0, 0.1) is 6.92 Å². The van der Waals surface area contributed by atoms with Gasteiger partial charge in [-0.3, -0.25) is 4.98 Å². The molecule has 3 rings (SSSR count). The molecule has 0 radical (unpaired) electrons. The Balaban J connectivity index is 1.75. The minimum Gasteiger partial charge on any atom is -0.310 e. The molecule has 18 heavy (non-hydrogen) atoms. The standard InChI is InChI=1S/C14H16N4/c1-10-6-15-5-4-13(10)14-17-8-11(9-18-14)7-16-12-2-3-12/h4-6,8-9,12,16H,2-3,7H2,1H3. The topological polar surface area (TPSA) is 50.7 Å². The van der Waals surface area contributed by atoms with Crippen LogP contribution in [0.4, 0.5) is 0 Å². The number of nitrogens with zero attached hydrogens (tertiary/aromatic N) is 3. The molecule has 0 atom stereocenters. The van der Waals surface area contributed by atoms with Gasteiger partial charge in [-0.15, -0.1) is 0 Å². The highest BCUT2D eigenvalue weighted by atomic mass is 15.0. The summed E-state index contributed by atoms with van der Waals surface area (Å²) in [5.74, 6) is 0.769. The van der Waals surface area contributed by atoms with Gasteiger partial charge in [-0.2, -0.15) is 0 Å². The Morgan fingerprint density at radius 1 is 1.22 bits per heavy atom. The molecule has 2 aromatic rings. The van der Waals surface area contributed by atoms with E-state index >= 15 is 0 Å². The molecule has 1 saturated carbocycles. The quantitative estimate of drug-likeness (QED) is 0.889. The molecular formula is C14H16N4. The predicted octanol–water partition coefficient (Wildman–Crippen LogP) is 2.10. The summed E-state index contributed by atoms with van der Waals surface area (Å²) < 4.78 is 0. The molecule has 1 fully saturated rings. The van der Waals surface area contributed by atoms with Gasteiger partial charge >= 0.3 is 0 Å². The van der Waals surface area contributed by atoms with Crippen LogP contribution in [0.2, 0.25) is 0 Å². The van der Waals surface area contributed by atoms with E-state index in [1.165, 1.54) is 12.8 Å². The largest absolute Gasteiger partial charge is 0.310 e. The summed E-state index contributed by atoms with van der Waals surface area (Å²) >= 11 is 0. The SMILES string of the molecule is Cc1cnccc1-c1ncc(CNC2CC2)cn1. The highest BCUT2D eigenvalue weighted by Crippen LogP contribution is 2.20. The monoisotopic (exact) mass is 240 g/mol. The number of hydrogen-bond acceptors (Lipinski definition) is 4. The molecule has 0 spiro atoms. The molecule has 0 aliphatic heterocycles. The first-order chi connectivity index (χ1) is 8.83. The van der Waals surface area contributed by atoms with E-state index in [0.717, 1.165) is 29.1 Å². The normalized spacial score (nSPS) is 14.7. The first kappa shape index (κ1) is 11.3. The second-order valence-corrected chi connectivity index (χ2v) is 4.76. The Kier molecular flexibility index (Phi) is 3.02. The summed E-state index contributed by atoms with van der Waals surface area (Å²) in [4.78, 5) is 12.9. The van der Waals surface area contributed by atoms with Crippen molar-refractivity contribution in [2.45, 2.75) is 32.4 Å². The molecule has 0 unspecified atom stereocenters. The highest BCUT2D eigenvalue weighted by molar-refractivity contribution is 5.58. The lowest BCUT2D eigenvalue weighted by Crippen LogP contribution is -2.15. The Hall–Kier alpha value is -1.81. The second-order valence-electron chi connectivity index (χ2n) is 4.76. The highest BCUT2D eigenvalue weighted by Gasteiger charge is 2.19. The third-order valence-corrected chi connectivity index (χ3v) is 3.14. The Morgan fingerprint density at radius 3 is 2.67 bits per heavy atom. The van der Waals surface area contributed by atoms with Crippen LogP contribution in [0.5, 0.6) is 0 Å². The van der Waals surface area contributed by atoms with E-state index in [1.807, 2.05) is 31.6 Å². The zero-order valence-corrected chi connectivity index (χ0v) is 10.4. The van der Waals surface area contributed by atoms with Crippen molar-refractivity contribution in [3.8, 4) is 11.4 Å². The molecular weight excluding hydrogens is 224 g/mol. The van der Waals surface area contributed by atoms with Gasteiger partial charge in [0.1, 0.15) is 0 Å². The van der Waals surface area contributed by atoms with Gasteiger partial charge in [0.15, 0.2) is 5.82 Å². The summed E-state index contributed by atoms with van der Waals surface area (Å²) in [6.07, 6.45) is 10.0. The van der Waals surface area contributed by atoms with E-state index < -0.39 is 0 Å². The van der Waals surface area contributed by atoms with Crippen LogP contribution in [0.25, 0.3) is 11.4 Å². The summed E-state index contributed by atoms with van der Waals surface area (Å²) in [6.45, 7) is 2.88. The Labute approximate surface area is 107 Å². The zero-order chi connectivity index (χ0) is 12.4. The average molecular weight is 240 g/mol. The summed E-state index contributed by atoms with van der Waals surface area (Å²) in [5.41, 5.74) is 3.28. The number of hydrogen-bond donors (Lipinski definition) is 1. The van der Waals surface area contributed by atoms with Crippen molar-refractivity contribution in [1.82, 2.24) is 20.3 Å². The fourth-order valence-electron chi connectivity index (χ4n) is 1.86. The van der Waals surface area contributed by atoms with E-state index in [-0.39, 0.29) is 0 Å². The molecule has 4 nitrogen and oxygen atoms in total. The maximum Gasteiger partial charge on any atom is 0.159 e. The van der Waals surface area contributed by atoms with Crippen molar-refractivity contribution < 1.29 is 0 Å². The molecule has 0 saturated heterocycles. The van der Waals surface area contributed by atoms with E-state index in [0.29, 0.717) is 6.04 Å². The lowest BCUT2D eigenvalue weighted by molar-refractivity contribution is 0.683. The number of aryl methyl sites for hydroxylation is 1. The molecule has 92 valence electrons. The van der Waals surface area contributed by atoms with E-state index in [1.54, 1.807) is 6.20 Å². The van der Waals surface area contributed by atoms with Crippen molar-refractivity contribution in [3.63, 3.8) is 0 Å². The van der Waals surface area contributed by atoms with Gasteiger partial charge < -0.3 is 5.32 Å². The first-order valence-electron chi connectivity index (χ1n) is 6.28. The minimum absolute atomic E-state index is 0.715. The van der Waals surface area contributed by atoms with Gasteiger partial charge in [-0.25, -0.2) is 9.97 Å². The summed E-state index contributed by atoms with van der Waals surface area (Å²) in [7, 11) is 0. The Bertz CT molecular complexity index is 532. The number of rotatable bonds is 4. The molecule has 1 N–H and O–H groups in total. The molecule has 1 aliphatic rings. The van der Waals surface area contributed by atoms with Crippen LogP contribution in [-0.2, 0) is 6.54 Å². The molecule has 2 aromatic heterocycles. The maximum atomic E-state index is 4.43. The van der Waals surface area contributed by atoms with Crippen LogP contribution >= 0.6 is 0 Å². The van der Waals surface area contributed by atoms with Gasteiger partial charge in [0.05, 0.1) is 0 Å². The van der Waals surface area contributed by atoms with Crippen molar-refractivity contribution in [2.24, 2.45) is 0 Å². The van der Waals surface area contributed by atoms with E-state index in [9.17, 15) is 0 Å². The summed E-state index contributed by atoms with van der Waals surface area (Å²) in [6, 6.07) is 2.67. The average Bonchev–Trinajstić information content (AvgIpc) is 3.22. The second kappa shape index (κ2) is 4.82. The summed E-state index contributed by atoms with van der Waals surface area (Å²) in [5, 5.41) is 3.45. The maximum absolute atomic E-state index is 4.43. The van der Waals surface area contributed by atoms with Gasteiger partial charge in [0.2, 0.25) is 0 Å². The van der Waals surface area contributed by atoms with Gasteiger partial charge in [0.25, 0.3) is 0 Å². The predicted molar refractivity (Wildman–Crippen MR) is 69.9 cm³/mol. The minimum atomic E-state index is 0.715. The van der Waals surface area contributed by atoms with Crippen LogP contribution in [0.1, 0.15) is 24.0 Å². The molecule has 0 amide bonds. The van der Waals surface area contributed by atoms with E-state index in [4.69, 9.17) is 0 Å². The van der Waals surface area contributed by atoms with Gasteiger partial charge in [-0.1, -0.05) is 0 Å². The van der Waals surface area contributed by atoms with Crippen LogP contribution in [0.15, 0.2) is 30.9 Å². The third-order valence-electron chi connectivity index (χ3n) is 3.14. The van der Waals surface area contributed by atoms with Crippen molar-refractivity contribution >= 4 is 0 Å². The fraction of sp³-hybridized carbons (Fsp3) is 0.357. The number of nitrogens with one attached hydrogen (secondary N) is 1. The zero-order valence-electron chi connectivity index (χ0n) is 10.4. The molecule has 4 heteroatoms. The lowest BCUT2D eigenvalue weighted by atomic mass is 10.1. The van der Waals surface area contributed by atoms with E-state index in [2.05, 4.69) is 20.3 Å². The molecule has 2 heterocycles. The number of pyridine rings is 1. The van der Waals surface area contributed by atoms with Crippen molar-refractivity contribution in [2.75, 3.05) is 0 Å². The van der Waals surface area contributed by atoms with Crippen LogP contribution < -0.4 is 5.32 Å². The van der Waals surface area contributed by atoms with Crippen LogP contribution in [0.3, 0.4) is 0 Å². The van der Waals surface area contributed by atoms with Gasteiger partial charge in [0, 0.05) is 48.5 Å². The van der Waals surface area contributed by atoms with Crippen LogP contribution in [-0.4, -0.2) is 21.0 Å². The first-order valence-corrected chi connectivity index (χ1v) is 6.28. The van der Waals surface area contributed by atoms with Gasteiger partial charge in [-0.05, 0) is 31.4 Å². The van der Waals surface area contributed by atoms with Crippen molar-refractivity contribution in [1.29, 1.82) is 0 Å². The fourth-order valence-corrected chi connectivity index (χ4v) is 1.86. The lowest BCUT2D eigenvalue weighted by Gasteiger charge is -2.05. The molecule has 0 bridgehead atoms. The molecule has 1 aliphatic carbocycles. The number of aromatic nitrogens is 3. The van der Waals surface area contributed by atoms with Crippen molar-refractivity contribution in [3.05, 3.63) is 42.0 Å². The smallest absolute Gasteiger partial charge is 0.159 e. The Morgan fingerprint density at radius 2 is 2.00 bits per heavy atom. The molecule has 0 aromatic carbocycles. The third kappa shape index (κ3) is 2.54.